The number of rotatable bonds is 10. The second-order valence-electron chi connectivity index (χ2n) is 12.0. The molecule has 0 spiro atoms. The van der Waals surface area contributed by atoms with E-state index in [4.69, 9.17) is 28.4 Å². The van der Waals surface area contributed by atoms with Crippen LogP contribution in [0.15, 0.2) is 54.9 Å². The van der Waals surface area contributed by atoms with Crippen LogP contribution in [0.4, 0.5) is 0 Å². The van der Waals surface area contributed by atoms with Crippen LogP contribution in [-0.2, 0) is 23.7 Å². The lowest BCUT2D eigenvalue weighted by Gasteiger charge is -2.28. The van der Waals surface area contributed by atoms with Gasteiger partial charge in [0.25, 0.3) is 0 Å². The van der Waals surface area contributed by atoms with Crippen molar-refractivity contribution >= 4 is 0 Å². The third kappa shape index (κ3) is 8.14. The number of aliphatic hydroxyl groups excluding tert-OH is 1. The molecule has 0 aliphatic carbocycles. The van der Waals surface area contributed by atoms with Crippen LogP contribution in [0.2, 0.25) is 0 Å². The summed E-state index contributed by atoms with van der Waals surface area (Å²) >= 11 is 0. The van der Waals surface area contributed by atoms with Gasteiger partial charge in [0, 0.05) is 31.2 Å². The lowest BCUT2D eigenvalue weighted by Crippen LogP contribution is -2.37. The zero-order valence-corrected chi connectivity index (χ0v) is 26.2. The standard InChI is InChI=1S/C36H44N2O7/c1-25-21-29(14-16-31(25)44-32-23-40-24-33(32)45-35-8-4-6-20-42-35)28-12-9-27(10-13-28)11-15-30(22-39)38-18-17-37-36(38)26(2)43-34-7-3-5-19-41-34/h9-10,12-14,16-18,21,26,30,32-35,39H,3-8,19-20,22-24H2,1-2H3/t26-,30-,32+,33+,34?,35?/m0/s1. The van der Waals surface area contributed by atoms with Crippen molar-refractivity contribution in [2.75, 3.05) is 33.0 Å². The lowest BCUT2D eigenvalue weighted by molar-refractivity contribution is -0.197. The van der Waals surface area contributed by atoms with Crippen LogP contribution in [0.25, 0.3) is 11.1 Å². The summed E-state index contributed by atoms with van der Waals surface area (Å²) in [7, 11) is 0. The Morgan fingerprint density at radius 2 is 1.69 bits per heavy atom. The van der Waals surface area contributed by atoms with Crippen molar-refractivity contribution in [3.05, 3.63) is 71.8 Å². The van der Waals surface area contributed by atoms with Crippen LogP contribution in [0.5, 0.6) is 5.75 Å². The second-order valence-corrected chi connectivity index (χ2v) is 12.0. The summed E-state index contributed by atoms with van der Waals surface area (Å²) in [5.41, 5.74) is 4.09. The molecule has 240 valence electrons. The number of aryl methyl sites for hydroxylation is 1. The normalized spacial score (nSPS) is 24.9. The molecule has 0 bridgehead atoms. The third-order valence-corrected chi connectivity index (χ3v) is 8.56. The fourth-order valence-corrected chi connectivity index (χ4v) is 6.02. The molecular weight excluding hydrogens is 572 g/mol. The Balaban J connectivity index is 1.07. The van der Waals surface area contributed by atoms with E-state index >= 15 is 0 Å². The number of aromatic nitrogens is 2. The highest BCUT2D eigenvalue weighted by Crippen LogP contribution is 2.30. The molecule has 1 aromatic heterocycles. The minimum atomic E-state index is -0.443. The van der Waals surface area contributed by atoms with E-state index in [2.05, 4.69) is 48.0 Å². The van der Waals surface area contributed by atoms with Crippen molar-refractivity contribution in [2.45, 2.75) is 89.3 Å². The highest BCUT2D eigenvalue weighted by molar-refractivity contribution is 5.66. The molecule has 3 fully saturated rings. The number of hydrogen-bond donors (Lipinski definition) is 1. The van der Waals surface area contributed by atoms with Gasteiger partial charge in [-0.15, -0.1) is 0 Å². The molecule has 0 amide bonds. The highest BCUT2D eigenvalue weighted by atomic mass is 16.7. The third-order valence-electron chi connectivity index (χ3n) is 8.56. The van der Waals surface area contributed by atoms with Crippen molar-refractivity contribution in [2.24, 2.45) is 0 Å². The first-order chi connectivity index (χ1) is 22.1. The summed E-state index contributed by atoms with van der Waals surface area (Å²) < 4.78 is 37.7. The van der Waals surface area contributed by atoms with E-state index in [1.165, 1.54) is 0 Å². The zero-order chi connectivity index (χ0) is 31.0. The summed E-state index contributed by atoms with van der Waals surface area (Å²) in [4.78, 5) is 4.50. The predicted octanol–water partition coefficient (Wildman–Crippen LogP) is 5.74. The highest BCUT2D eigenvalue weighted by Gasteiger charge is 2.34. The summed E-state index contributed by atoms with van der Waals surface area (Å²) in [6.45, 7) is 6.37. The number of hydrogen-bond acceptors (Lipinski definition) is 8. The number of imidazole rings is 1. The first-order valence-corrected chi connectivity index (χ1v) is 16.2. The molecule has 2 unspecified atom stereocenters. The molecule has 3 aliphatic heterocycles. The van der Waals surface area contributed by atoms with E-state index < -0.39 is 6.04 Å². The van der Waals surface area contributed by atoms with Gasteiger partial charge in [-0.3, -0.25) is 0 Å². The van der Waals surface area contributed by atoms with Crippen molar-refractivity contribution in [1.82, 2.24) is 9.55 Å². The minimum Gasteiger partial charge on any atom is -0.485 e. The Labute approximate surface area is 265 Å². The molecule has 1 N–H and O–H groups in total. The van der Waals surface area contributed by atoms with Crippen LogP contribution >= 0.6 is 0 Å². The maximum Gasteiger partial charge on any atom is 0.158 e. The van der Waals surface area contributed by atoms with E-state index in [9.17, 15) is 5.11 Å². The van der Waals surface area contributed by atoms with Crippen molar-refractivity contribution in [3.8, 4) is 28.7 Å². The molecule has 0 saturated carbocycles. The summed E-state index contributed by atoms with van der Waals surface area (Å²) in [5.74, 6) is 7.99. The summed E-state index contributed by atoms with van der Waals surface area (Å²) in [6.07, 6.45) is 8.74. The average Bonchev–Trinajstić information content (AvgIpc) is 3.74. The Morgan fingerprint density at radius 3 is 2.40 bits per heavy atom. The number of nitrogens with zero attached hydrogens (tertiary/aromatic N) is 2. The molecular formula is C36H44N2O7. The second kappa shape index (κ2) is 15.4. The zero-order valence-electron chi connectivity index (χ0n) is 26.2. The van der Waals surface area contributed by atoms with Crippen LogP contribution in [0.1, 0.15) is 74.5 Å². The molecule has 6 rings (SSSR count). The van der Waals surface area contributed by atoms with Crippen LogP contribution in [0.3, 0.4) is 0 Å². The SMILES string of the molecule is Cc1cc(-c2ccc(C#C[C@@H](CO)n3ccnc3[C@H](C)OC3CCCCO3)cc2)ccc1O[C@@H]1COC[C@H]1OC1CCCCO1. The monoisotopic (exact) mass is 616 g/mol. The molecule has 0 radical (unpaired) electrons. The first-order valence-electron chi connectivity index (χ1n) is 16.2. The van der Waals surface area contributed by atoms with Gasteiger partial charge >= 0.3 is 0 Å². The number of ether oxygens (including phenoxy) is 6. The van der Waals surface area contributed by atoms with Gasteiger partial charge in [-0.2, -0.15) is 0 Å². The van der Waals surface area contributed by atoms with Crippen LogP contribution < -0.4 is 4.74 Å². The molecule has 2 aromatic carbocycles. The molecule has 6 atom stereocenters. The molecule has 45 heavy (non-hydrogen) atoms. The predicted molar refractivity (Wildman–Crippen MR) is 169 cm³/mol. The van der Waals surface area contributed by atoms with E-state index in [0.717, 1.165) is 85.6 Å². The van der Waals surface area contributed by atoms with Gasteiger partial charge in [-0.1, -0.05) is 30.0 Å². The number of benzene rings is 2. The van der Waals surface area contributed by atoms with Gasteiger partial charge in [-0.25, -0.2) is 4.98 Å². The smallest absolute Gasteiger partial charge is 0.158 e. The first kappa shape index (κ1) is 31.7. The van der Waals surface area contributed by atoms with Gasteiger partial charge in [0.15, 0.2) is 18.7 Å². The summed E-state index contributed by atoms with van der Waals surface area (Å²) in [6, 6.07) is 13.9. The fraction of sp³-hybridized carbons (Fsp3) is 0.528. The Bertz CT molecular complexity index is 1430. The van der Waals surface area contributed by atoms with Crippen LogP contribution in [0, 0.1) is 18.8 Å². The van der Waals surface area contributed by atoms with Gasteiger partial charge < -0.3 is 38.1 Å². The minimum absolute atomic E-state index is 0.136. The molecule has 4 heterocycles. The number of aliphatic hydroxyl groups is 1. The van der Waals surface area contributed by atoms with Crippen molar-refractivity contribution < 1.29 is 33.5 Å². The molecule has 3 aliphatic rings. The topological polar surface area (TPSA) is 93.4 Å². The Hall–Kier alpha value is -3.23. The van der Waals surface area contributed by atoms with E-state index in [1.807, 2.05) is 35.9 Å². The largest absolute Gasteiger partial charge is 0.485 e. The van der Waals surface area contributed by atoms with Crippen molar-refractivity contribution in [3.63, 3.8) is 0 Å². The molecule has 3 aromatic rings. The average molecular weight is 617 g/mol. The van der Waals surface area contributed by atoms with Crippen LogP contribution in [-0.4, -0.2) is 72.5 Å². The maximum atomic E-state index is 10.2. The maximum absolute atomic E-state index is 10.2. The fourth-order valence-electron chi connectivity index (χ4n) is 6.02. The molecule has 9 nitrogen and oxygen atoms in total. The van der Waals surface area contributed by atoms with Crippen molar-refractivity contribution in [1.29, 1.82) is 0 Å². The van der Waals surface area contributed by atoms with E-state index in [-0.39, 0.29) is 37.5 Å². The summed E-state index contributed by atoms with van der Waals surface area (Å²) in [5, 5.41) is 10.2. The van der Waals surface area contributed by atoms with E-state index in [0.29, 0.717) is 13.2 Å². The lowest BCUT2D eigenvalue weighted by atomic mass is 10.0. The Kier molecular flexibility index (Phi) is 10.8. The molecule has 9 heteroatoms. The van der Waals surface area contributed by atoms with Gasteiger partial charge in [-0.05, 0) is 93.3 Å². The molecule has 3 saturated heterocycles. The van der Waals surface area contributed by atoms with Gasteiger partial charge in [0.05, 0.1) is 19.8 Å². The van der Waals surface area contributed by atoms with E-state index in [1.54, 1.807) is 6.20 Å². The Morgan fingerprint density at radius 1 is 0.956 bits per heavy atom. The van der Waals surface area contributed by atoms with Gasteiger partial charge in [0.1, 0.15) is 29.8 Å². The quantitative estimate of drug-likeness (QED) is 0.289. The van der Waals surface area contributed by atoms with Gasteiger partial charge in [0.2, 0.25) is 0 Å².